The van der Waals surface area contributed by atoms with Crippen molar-refractivity contribution in [1.82, 2.24) is 14.9 Å². The van der Waals surface area contributed by atoms with E-state index in [0.717, 1.165) is 24.2 Å². The summed E-state index contributed by atoms with van der Waals surface area (Å²) in [5.74, 6) is -0.313. The van der Waals surface area contributed by atoms with Crippen molar-refractivity contribution in [3.8, 4) is 0 Å². The molecule has 3 aromatic rings. The van der Waals surface area contributed by atoms with Crippen molar-refractivity contribution in [2.75, 3.05) is 32.8 Å². The molecule has 3 aromatic carbocycles. The zero-order valence-corrected chi connectivity index (χ0v) is 20.6. The summed E-state index contributed by atoms with van der Waals surface area (Å²) in [4.78, 5) is 15.6. The minimum atomic E-state index is -3.80. The van der Waals surface area contributed by atoms with E-state index in [1.165, 1.54) is 6.07 Å². The summed E-state index contributed by atoms with van der Waals surface area (Å²) in [6.07, 6.45) is 0. The van der Waals surface area contributed by atoms with Crippen LogP contribution in [0.5, 0.6) is 0 Å². The highest BCUT2D eigenvalue weighted by Crippen LogP contribution is 2.20. The molecule has 1 saturated heterocycles. The van der Waals surface area contributed by atoms with E-state index in [1.807, 2.05) is 60.7 Å². The molecule has 1 amide bonds. The number of aryl methyl sites for hydroxylation is 1. The van der Waals surface area contributed by atoms with Gasteiger partial charge in [-0.25, -0.2) is 13.1 Å². The number of carbonyl (C=O) groups excluding carboxylic acids is 1. The number of nitrogens with one attached hydrogen (secondary N) is 2. The third-order valence-electron chi connectivity index (χ3n) is 6.10. The van der Waals surface area contributed by atoms with E-state index < -0.39 is 10.0 Å². The third kappa shape index (κ3) is 6.76. The predicted molar refractivity (Wildman–Crippen MR) is 136 cm³/mol. The van der Waals surface area contributed by atoms with Crippen LogP contribution < -0.4 is 10.0 Å². The van der Waals surface area contributed by atoms with Crippen molar-refractivity contribution in [2.45, 2.75) is 24.4 Å². The minimum absolute atomic E-state index is 0.102. The molecule has 1 unspecified atom stereocenters. The Morgan fingerprint density at radius 3 is 2.31 bits per heavy atom. The van der Waals surface area contributed by atoms with Crippen LogP contribution in [0.15, 0.2) is 83.8 Å². The zero-order chi connectivity index (χ0) is 24.7. The number of hydrogen-bond donors (Lipinski definition) is 2. The van der Waals surface area contributed by atoms with Crippen molar-refractivity contribution in [3.63, 3.8) is 0 Å². The van der Waals surface area contributed by atoms with Crippen LogP contribution in [-0.2, 0) is 21.3 Å². The summed E-state index contributed by atoms with van der Waals surface area (Å²) >= 11 is 0. The van der Waals surface area contributed by atoms with Crippen molar-refractivity contribution in [2.24, 2.45) is 0 Å². The summed E-state index contributed by atoms with van der Waals surface area (Å²) < 4.78 is 34.2. The maximum absolute atomic E-state index is 13.3. The van der Waals surface area contributed by atoms with Crippen LogP contribution in [0.1, 0.15) is 33.1 Å². The monoisotopic (exact) mass is 493 g/mol. The molecule has 0 bridgehead atoms. The quantitative estimate of drug-likeness (QED) is 0.478. The topological polar surface area (TPSA) is 87.7 Å². The Balaban J connectivity index is 1.52. The molecule has 0 saturated carbocycles. The number of rotatable bonds is 9. The van der Waals surface area contributed by atoms with E-state index in [1.54, 1.807) is 19.1 Å². The van der Waals surface area contributed by atoms with Crippen LogP contribution in [0.3, 0.4) is 0 Å². The van der Waals surface area contributed by atoms with Gasteiger partial charge in [0.25, 0.3) is 5.91 Å². The van der Waals surface area contributed by atoms with Gasteiger partial charge in [-0.15, -0.1) is 0 Å². The van der Waals surface area contributed by atoms with Gasteiger partial charge in [-0.2, -0.15) is 0 Å². The molecule has 1 aliphatic heterocycles. The lowest BCUT2D eigenvalue weighted by molar-refractivity contribution is 0.0332. The van der Waals surface area contributed by atoms with Gasteiger partial charge in [0, 0.05) is 31.7 Å². The highest BCUT2D eigenvalue weighted by Gasteiger charge is 2.23. The Kier molecular flexibility index (Phi) is 8.30. The molecule has 8 heteroatoms. The fourth-order valence-electron chi connectivity index (χ4n) is 4.09. The first-order valence-electron chi connectivity index (χ1n) is 11.7. The summed E-state index contributed by atoms with van der Waals surface area (Å²) in [6, 6.07) is 23.7. The smallest absolute Gasteiger partial charge is 0.251 e. The first-order chi connectivity index (χ1) is 16.9. The van der Waals surface area contributed by atoms with Crippen molar-refractivity contribution >= 4 is 15.9 Å². The molecule has 1 fully saturated rings. The molecule has 7 nitrogen and oxygen atoms in total. The highest BCUT2D eigenvalue weighted by atomic mass is 32.2. The summed E-state index contributed by atoms with van der Waals surface area (Å²) in [5.41, 5.74) is 2.74. The SMILES string of the molecule is Cc1ccc(C(=O)NC(CN2CCOCC2)c2ccccc2)cc1S(=O)(=O)NCc1ccccc1. The molecule has 2 N–H and O–H groups in total. The Morgan fingerprint density at radius 1 is 0.971 bits per heavy atom. The first kappa shape index (κ1) is 25.1. The maximum Gasteiger partial charge on any atom is 0.251 e. The van der Waals surface area contributed by atoms with Crippen molar-refractivity contribution in [1.29, 1.82) is 0 Å². The minimum Gasteiger partial charge on any atom is -0.379 e. The van der Waals surface area contributed by atoms with Gasteiger partial charge < -0.3 is 10.1 Å². The Bertz CT molecular complexity index is 1230. The number of amides is 1. The third-order valence-corrected chi connectivity index (χ3v) is 7.64. The van der Waals surface area contributed by atoms with E-state index in [0.29, 0.717) is 30.9 Å². The van der Waals surface area contributed by atoms with Crippen LogP contribution in [0, 0.1) is 6.92 Å². The van der Waals surface area contributed by atoms with Crippen LogP contribution in [0.2, 0.25) is 0 Å². The number of ether oxygens (including phenoxy) is 1. The fraction of sp³-hybridized carbons (Fsp3) is 0.296. The molecule has 4 rings (SSSR count). The highest BCUT2D eigenvalue weighted by molar-refractivity contribution is 7.89. The zero-order valence-electron chi connectivity index (χ0n) is 19.8. The molecule has 0 spiro atoms. The van der Waals surface area contributed by atoms with Gasteiger partial charge in [-0.1, -0.05) is 66.7 Å². The summed E-state index contributed by atoms with van der Waals surface area (Å²) in [5, 5.41) is 3.12. The van der Waals surface area contributed by atoms with E-state index in [-0.39, 0.29) is 23.4 Å². The van der Waals surface area contributed by atoms with Gasteiger partial charge in [0.15, 0.2) is 0 Å². The van der Waals surface area contributed by atoms with Crippen molar-refractivity contribution < 1.29 is 17.9 Å². The molecule has 184 valence electrons. The number of sulfonamides is 1. The Labute approximate surface area is 207 Å². The van der Waals surface area contributed by atoms with E-state index in [4.69, 9.17) is 4.74 Å². The average molecular weight is 494 g/mol. The second kappa shape index (κ2) is 11.6. The fourth-order valence-corrected chi connectivity index (χ4v) is 5.37. The molecule has 0 aromatic heterocycles. The van der Waals surface area contributed by atoms with Gasteiger partial charge in [-0.3, -0.25) is 9.69 Å². The predicted octanol–water partition coefficient (Wildman–Crippen LogP) is 3.28. The molecule has 0 radical (unpaired) electrons. The lowest BCUT2D eigenvalue weighted by Gasteiger charge is -2.31. The van der Waals surface area contributed by atoms with Crippen LogP contribution in [0.4, 0.5) is 0 Å². The lowest BCUT2D eigenvalue weighted by Crippen LogP contribution is -2.43. The van der Waals surface area contributed by atoms with Gasteiger partial charge in [-0.05, 0) is 35.7 Å². The maximum atomic E-state index is 13.3. The van der Waals surface area contributed by atoms with Gasteiger partial charge in [0.2, 0.25) is 10.0 Å². The van der Waals surface area contributed by atoms with Gasteiger partial charge in [0.05, 0.1) is 24.2 Å². The van der Waals surface area contributed by atoms with Gasteiger partial charge >= 0.3 is 0 Å². The number of benzene rings is 3. The summed E-state index contributed by atoms with van der Waals surface area (Å²) in [7, 11) is -3.80. The standard InChI is InChI=1S/C27H31N3O4S/c1-21-12-13-24(18-26(21)35(32,33)28-19-22-8-4-2-5-9-22)27(31)29-25(23-10-6-3-7-11-23)20-30-14-16-34-17-15-30/h2-13,18,25,28H,14-17,19-20H2,1H3,(H,29,31). The molecule has 1 aliphatic rings. The molecular weight excluding hydrogens is 462 g/mol. The van der Waals surface area contributed by atoms with Crippen LogP contribution >= 0.6 is 0 Å². The second-order valence-electron chi connectivity index (χ2n) is 8.64. The Morgan fingerprint density at radius 2 is 1.63 bits per heavy atom. The van der Waals surface area contributed by atoms with E-state index >= 15 is 0 Å². The second-order valence-corrected chi connectivity index (χ2v) is 10.4. The largest absolute Gasteiger partial charge is 0.379 e. The Hall–Kier alpha value is -3.04. The number of nitrogens with zero attached hydrogens (tertiary/aromatic N) is 1. The molecule has 1 heterocycles. The number of carbonyl (C=O) groups is 1. The van der Waals surface area contributed by atoms with Crippen molar-refractivity contribution in [3.05, 3.63) is 101 Å². The summed E-state index contributed by atoms with van der Waals surface area (Å²) in [6.45, 7) is 5.50. The number of morpholine rings is 1. The lowest BCUT2D eigenvalue weighted by atomic mass is 10.0. The molecule has 0 aliphatic carbocycles. The van der Waals surface area contributed by atoms with Gasteiger partial charge in [0.1, 0.15) is 0 Å². The molecular formula is C27H31N3O4S. The van der Waals surface area contributed by atoms with Crippen LogP contribution in [0.25, 0.3) is 0 Å². The average Bonchev–Trinajstić information content (AvgIpc) is 2.89. The molecule has 35 heavy (non-hydrogen) atoms. The van der Waals surface area contributed by atoms with E-state index in [9.17, 15) is 13.2 Å². The normalized spacial score (nSPS) is 15.5. The number of hydrogen-bond acceptors (Lipinski definition) is 5. The van der Waals surface area contributed by atoms with E-state index in [2.05, 4.69) is 14.9 Å². The first-order valence-corrected chi connectivity index (χ1v) is 13.2. The van der Waals surface area contributed by atoms with Crippen LogP contribution in [-0.4, -0.2) is 52.1 Å². The molecule has 1 atom stereocenters.